The van der Waals surface area contributed by atoms with E-state index in [0.717, 1.165) is 51.6 Å². The second kappa shape index (κ2) is 7.72. The van der Waals surface area contributed by atoms with Crippen LogP contribution in [0.1, 0.15) is 70.5 Å². The third-order valence-electron chi connectivity index (χ3n) is 4.30. The molecule has 1 fully saturated rings. The summed E-state index contributed by atoms with van der Waals surface area (Å²) in [5.41, 5.74) is 5.89. The summed E-state index contributed by atoms with van der Waals surface area (Å²) in [6, 6.07) is 0. The van der Waals surface area contributed by atoms with E-state index in [1.807, 2.05) is 4.90 Å². The number of rotatable bonds is 8. The Morgan fingerprint density at radius 1 is 1.27 bits per heavy atom. The standard InChI is InChI=1S/C16H28N4O2/c1-3-11-20(12-4-2)14(21)8-7-13-18-15(19-22-13)16(17)9-5-6-10-16/h3-12,17H2,1-2H3. The topological polar surface area (TPSA) is 85.2 Å². The highest BCUT2D eigenvalue weighted by Gasteiger charge is 2.35. The third kappa shape index (κ3) is 4.06. The van der Waals surface area contributed by atoms with E-state index in [1.54, 1.807) is 0 Å². The maximum absolute atomic E-state index is 12.2. The van der Waals surface area contributed by atoms with Gasteiger partial charge in [-0.25, -0.2) is 0 Å². The molecular weight excluding hydrogens is 280 g/mol. The number of carbonyl (C=O) groups is 1. The first-order chi connectivity index (χ1) is 10.6. The van der Waals surface area contributed by atoms with E-state index in [4.69, 9.17) is 10.3 Å². The van der Waals surface area contributed by atoms with E-state index in [9.17, 15) is 4.79 Å². The Bertz CT molecular complexity index is 474. The molecule has 6 heteroatoms. The highest BCUT2D eigenvalue weighted by Crippen LogP contribution is 2.34. The molecule has 1 heterocycles. The van der Waals surface area contributed by atoms with Crippen molar-refractivity contribution in [3.05, 3.63) is 11.7 Å². The summed E-state index contributed by atoms with van der Waals surface area (Å²) in [7, 11) is 0. The molecule has 1 aromatic rings. The molecule has 0 aromatic carbocycles. The first-order valence-electron chi connectivity index (χ1n) is 8.48. The van der Waals surface area contributed by atoms with Gasteiger partial charge in [0.25, 0.3) is 0 Å². The molecule has 0 bridgehead atoms. The van der Waals surface area contributed by atoms with E-state index in [1.165, 1.54) is 0 Å². The predicted octanol–water partition coefficient (Wildman–Crippen LogP) is 2.38. The summed E-state index contributed by atoms with van der Waals surface area (Å²) in [4.78, 5) is 18.6. The van der Waals surface area contributed by atoms with E-state index in [2.05, 4.69) is 24.0 Å². The Balaban J connectivity index is 1.89. The summed E-state index contributed by atoms with van der Waals surface area (Å²) in [5.74, 6) is 1.28. The Labute approximate surface area is 132 Å². The number of carbonyl (C=O) groups excluding carboxylic acids is 1. The zero-order valence-corrected chi connectivity index (χ0v) is 13.8. The maximum atomic E-state index is 12.2. The molecule has 6 nitrogen and oxygen atoms in total. The minimum Gasteiger partial charge on any atom is -0.343 e. The fraction of sp³-hybridized carbons (Fsp3) is 0.812. The van der Waals surface area contributed by atoms with E-state index in [0.29, 0.717) is 24.6 Å². The zero-order valence-electron chi connectivity index (χ0n) is 13.8. The van der Waals surface area contributed by atoms with Crippen LogP contribution in [0.25, 0.3) is 0 Å². The molecule has 1 amide bonds. The molecule has 0 unspecified atom stereocenters. The van der Waals surface area contributed by atoms with Crippen molar-refractivity contribution in [3.8, 4) is 0 Å². The van der Waals surface area contributed by atoms with Gasteiger partial charge in [0.1, 0.15) is 0 Å². The van der Waals surface area contributed by atoms with Gasteiger partial charge in [0.2, 0.25) is 11.8 Å². The number of aromatic nitrogens is 2. The van der Waals surface area contributed by atoms with Crippen LogP contribution >= 0.6 is 0 Å². The number of nitrogens with two attached hydrogens (primary N) is 1. The lowest BCUT2D eigenvalue weighted by molar-refractivity contribution is -0.131. The normalized spacial score (nSPS) is 16.9. The number of amides is 1. The Morgan fingerprint density at radius 3 is 2.50 bits per heavy atom. The summed E-state index contributed by atoms with van der Waals surface area (Å²) in [6.07, 6.45) is 6.91. The van der Waals surface area contributed by atoms with Crippen LogP contribution in [0.4, 0.5) is 0 Å². The number of hydrogen-bond donors (Lipinski definition) is 1. The monoisotopic (exact) mass is 308 g/mol. The van der Waals surface area contributed by atoms with Gasteiger partial charge in [0, 0.05) is 25.9 Å². The molecule has 0 atom stereocenters. The van der Waals surface area contributed by atoms with Crippen molar-refractivity contribution >= 4 is 5.91 Å². The van der Waals surface area contributed by atoms with Crippen LogP contribution in [0, 0.1) is 0 Å². The van der Waals surface area contributed by atoms with Gasteiger partial charge >= 0.3 is 0 Å². The smallest absolute Gasteiger partial charge is 0.227 e. The van der Waals surface area contributed by atoms with Crippen LogP contribution in [-0.2, 0) is 16.8 Å². The van der Waals surface area contributed by atoms with Gasteiger partial charge in [-0.05, 0) is 25.7 Å². The number of hydrogen-bond acceptors (Lipinski definition) is 5. The second-order valence-corrected chi connectivity index (χ2v) is 6.26. The van der Waals surface area contributed by atoms with Gasteiger partial charge in [-0.15, -0.1) is 0 Å². The largest absolute Gasteiger partial charge is 0.343 e. The van der Waals surface area contributed by atoms with Crippen LogP contribution < -0.4 is 5.73 Å². The molecule has 1 aliphatic rings. The SMILES string of the molecule is CCCN(CCC)C(=O)CCc1nc(C2(N)CCCC2)no1. The minimum atomic E-state index is -0.428. The molecule has 0 spiro atoms. The van der Waals surface area contributed by atoms with Gasteiger partial charge in [0.15, 0.2) is 5.82 Å². The Kier molecular flexibility index (Phi) is 5.94. The zero-order chi connectivity index (χ0) is 16.0. The van der Waals surface area contributed by atoms with E-state index >= 15 is 0 Å². The van der Waals surface area contributed by atoms with Crippen LogP contribution in [0.2, 0.25) is 0 Å². The van der Waals surface area contributed by atoms with Crippen molar-refractivity contribution < 1.29 is 9.32 Å². The lowest BCUT2D eigenvalue weighted by Gasteiger charge is -2.21. The molecule has 22 heavy (non-hydrogen) atoms. The van der Waals surface area contributed by atoms with E-state index in [-0.39, 0.29) is 5.91 Å². The van der Waals surface area contributed by atoms with Crippen LogP contribution in [0.15, 0.2) is 4.52 Å². The summed E-state index contributed by atoms with van der Waals surface area (Å²) < 4.78 is 5.28. The van der Waals surface area contributed by atoms with Crippen molar-refractivity contribution in [3.63, 3.8) is 0 Å². The van der Waals surface area contributed by atoms with Gasteiger partial charge in [-0.2, -0.15) is 4.98 Å². The first kappa shape index (κ1) is 16.9. The first-order valence-corrected chi connectivity index (χ1v) is 8.48. The van der Waals surface area contributed by atoms with Crippen molar-refractivity contribution in [1.82, 2.24) is 15.0 Å². The molecule has 0 saturated heterocycles. The molecule has 2 rings (SSSR count). The summed E-state index contributed by atoms with van der Waals surface area (Å²) in [5, 5.41) is 4.03. The van der Waals surface area contributed by atoms with Crippen molar-refractivity contribution in [2.45, 2.75) is 70.8 Å². The molecule has 1 saturated carbocycles. The lowest BCUT2D eigenvalue weighted by Crippen LogP contribution is -2.34. The second-order valence-electron chi connectivity index (χ2n) is 6.26. The summed E-state index contributed by atoms with van der Waals surface area (Å²) in [6.45, 7) is 5.80. The highest BCUT2D eigenvalue weighted by atomic mass is 16.5. The molecule has 1 aliphatic carbocycles. The Hall–Kier alpha value is -1.43. The average Bonchev–Trinajstić information content (AvgIpc) is 3.14. The fourth-order valence-corrected chi connectivity index (χ4v) is 3.06. The van der Waals surface area contributed by atoms with Crippen molar-refractivity contribution in [1.29, 1.82) is 0 Å². The van der Waals surface area contributed by atoms with Gasteiger partial charge in [0.05, 0.1) is 5.54 Å². The number of nitrogens with zero attached hydrogens (tertiary/aromatic N) is 3. The van der Waals surface area contributed by atoms with Gasteiger partial charge < -0.3 is 15.2 Å². The fourth-order valence-electron chi connectivity index (χ4n) is 3.06. The number of aryl methyl sites for hydroxylation is 1. The van der Waals surface area contributed by atoms with Crippen LogP contribution in [-0.4, -0.2) is 34.0 Å². The quantitative estimate of drug-likeness (QED) is 0.797. The van der Waals surface area contributed by atoms with Crippen LogP contribution in [0.3, 0.4) is 0 Å². The molecule has 124 valence electrons. The third-order valence-corrected chi connectivity index (χ3v) is 4.30. The summed E-state index contributed by atoms with van der Waals surface area (Å²) >= 11 is 0. The minimum absolute atomic E-state index is 0.159. The maximum Gasteiger partial charge on any atom is 0.227 e. The van der Waals surface area contributed by atoms with Crippen LogP contribution in [0.5, 0.6) is 0 Å². The van der Waals surface area contributed by atoms with E-state index < -0.39 is 5.54 Å². The highest BCUT2D eigenvalue weighted by molar-refractivity contribution is 5.76. The van der Waals surface area contributed by atoms with Gasteiger partial charge in [-0.1, -0.05) is 31.8 Å². The molecular formula is C16H28N4O2. The lowest BCUT2D eigenvalue weighted by atomic mass is 9.99. The molecule has 1 aromatic heterocycles. The van der Waals surface area contributed by atoms with Crippen molar-refractivity contribution in [2.75, 3.05) is 13.1 Å². The van der Waals surface area contributed by atoms with Crippen molar-refractivity contribution in [2.24, 2.45) is 5.73 Å². The molecule has 2 N–H and O–H groups in total. The molecule has 0 radical (unpaired) electrons. The average molecular weight is 308 g/mol. The predicted molar refractivity (Wildman–Crippen MR) is 84.1 cm³/mol. The molecule has 0 aliphatic heterocycles. The Morgan fingerprint density at radius 2 is 1.91 bits per heavy atom. The van der Waals surface area contributed by atoms with Gasteiger partial charge in [-0.3, -0.25) is 4.79 Å².